The summed E-state index contributed by atoms with van der Waals surface area (Å²) in [6.07, 6.45) is 6.82. The van der Waals surface area contributed by atoms with Crippen LogP contribution in [0.5, 0.6) is 5.88 Å². The number of anilines is 1. The quantitative estimate of drug-likeness (QED) is 0.611. The first-order valence-electron chi connectivity index (χ1n) is 11.6. The molecule has 1 aliphatic heterocycles. The number of piperidine rings is 1. The Morgan fingerprint density at radius 1 is 1.15 bits per heavy atom. The van der Waals surface area contributed by atoms with Crippen molar-refractivity contribution >= 4 is 5.95 Å². The van der Waals surface area contributed by atoms with Gasteiger partial charge in [0.1, 0.15) is 5.56 Å². The zero-order valence-corrected chi connectivity index (χ0v) is 19.6. The molecule has 7 nitrogen and oxygen atoms in total. The predicted molar refractivity (Wildman–Crippen MR) is 132 cm³/mol. The van der Waals surface area contributed by atoms with Gasteiger partial charge < -0.3 is 15.4 Å². The lowest BCUT2D eigenvalue weighted by Crippen LogP contribution is -2.46. The Hall–Kier alpha value is -3.63. The Kier molecular flexibility index (Phi) is 5.84. The largest absolute Gasteiger partial charge is 0.481 e. The predicted octanol–water partition coefficient (Wildman–Crippen LogP) is 2.62. The summed E-state index contributed by atoms with van der Waals surface area (Å²) in [7, 11) is 3.35. The molecule has 1 atom stereocenters. The van der Waals surface area contributed by atoms with Gasteiger partial charge in [-0.1, -0.05) is 42.2 Å². The zero-order chi connectivity index (χ0) is 23.7. The molecule has 174 valence electrons. The minimum absolute atomic E-state index is 0.0705. The third-order valence-corrected chi connectivity index (χ3v) is 7.30. The van der Waals surface area contributed by atoms with Crippen LogP contribution in [0.2, 0.25) is 0 Å². The lowest BCUT2D eigenvalue weighted by Gasteiger charge is -2.42. The van der Waals surface area contributed by atoms with Crippen molar-refractivity contribution in [1.29, 1.82) is 0 Å². The zero-order valence-electron chi connectivity index (χ0n) is 19.6. The Balaban J connectivity index is 1.27. The van der Waals surface area contributed by atoms with Crippen LogP contribution in [0.4, 0.5) is 5.95 Å². The molecule has 3 aromatic rings. The molecular weight excluding hydrogens is 426 g/mol. The second kappa shape index (κ2) is 8.96. The van der Waals surface area contributed by atoms with Gasteiger partial charge in [-0.2, -0.15) is 0 Å². The number of benzene rings is 1. The van der Waals surface area contributed by atoms with E-state index in [1.165, 1.54) is 11.1 Å². The van der Waals surface area contributed by atoms with Crippen LogP contribution in [0.1, 0.15) is 41.1 Å². The van der Waals surface area contributed by atoms with Gasteiger partial charge in [-0.25, -0.2) is 9.97 Å². The fourth-order valence-corrected chi connectivity index (χ4v) is 5.25. The number of nitrogens with two attached hydrogens (primary N) is 1. The number of nitrogens with zero attached hydrogens (tertiary/aromatic N) is 4. The summed E-state index contributed by atoms with van der Waals surface area (Å²) in [6, 6.07) is 12.3. The van der Waals surface area contributed by atoms with E-state index in [9.17, 15) is 4.79 Å². The van der Waals surface area contributed by atoms with Crippen LogP contribution >= 0.6 is 0 Å². The van der Waals surface area contributed by atoms with Crippen LogP contribution < -0.4 is 20.9 Å². The molecule has 1 aromatic carbocycles. The van der Waals surface area contributed by atoms with E-state index < -0.39 is 0 Å². The molecule has 1 saturated heterocycles. The van der Waals surface area contributed by atoms with E-state index in [1.54, 1.807) is 37.2 Å². The van der Waals surface area contributed by atoms with Crippen LogP contribution in [0, 0.1) is 17.3 Å². The molecule has 1 spiro atoms. The van der Waals surface area contributed by atoms with Crippen LogP contribution in [-0.2, 0) is 19.9 Å². The Bertz CT molecular complexity index is 1310. The molecule has 7 heteroatoms. The van der Waals surface area contributed by atoms with E-state index in [0.29, 0.717) is 23.8 Å². The van der Waals surface area contributed by atoms with Gasteiger partial charge in [-0.15, -0.1) is 0 Å². The molecule has 3 heterocycles. The van der Waals surface area contributed by atoms with Gasteiger partial charge in [0, 0.05) is 44.9 Å². The molecule has 0 unspecified atom stereocenters. The van der Waals surface area contributed by atoms with E-state index in [1.807, 2.05) is 6.07 Å². The summed E-state index contributed by atoms with van der Waals surface area (Å²) < 4.78 is 6.68. The molecule has 1 aliphatic carbocycles. The maximum absolute atomic E-state index is 13.0. The normalized spacial score (nSPS) is 18.3. The number of aromatic nitrogens is 3. The van der Waals surface area contributed by atoms with Crippen LogP contribution in [0.25, 0.3) is 0 Å². The minimum atomic E-state index is -0.129. The number of methoxy groups -OCH3 is 1. The van der Waals surface area contributed by atoms with Crippen molar-refractivity contribution in [1.82, 2.24) is 14.5 Å². The van der Waals surface area contributed by atoms with Gasteiger partial charge in [0.05, 0.1) is 13.3 Å². The van der Waals surface area contributed by atoms with Crippen molar-refractivity contribution in [2.24, 2.45) is 18.2 Å². The Labute approximate surface area is 199 Å². The molecule has 0 radical (unpaired) electrons. The van der Waals surface area contributed by atoms with Crippen molar-refractivity contribution in [2.75, 3.05) is 25.1 Å². The average Bonchev–Trinajstić information content (AvgIpc) is 3.14. The highest BCUT2D eigenvalue weighted by molar-refractivity contribution is 5.42. The van der Waals surface area contributed by atoms with Gasteiger partial charge >= 0.3 is 0 Å². The average molecular weight is 456 g/mol. The van der Waals surface area contributed by atoms with Crippen LogP contribution in [0.15, 0.2) is 53.6 Å². The SMILES string of the molecule is COc1ccc(CC#Cc2cnc(N3CCC4(CC3)Cc3ccccc3[C@H]4N)n(C)c2=O)cn1. The van der Waals surface area contributed by atoms with E-state index in [0.717, 1.165) is 37.9 Å². The minimum Gasteiger partial charge on any atom is -0.481 e. The molecule has 2 aromatic heterocycles. The van der Waals surface area contributed by atoms with Gasteiger partial charge in [-0.05, 0) is 41.4 Å². The summed E-state index contributed by atoms with van der Waals surface area (Å²) in [5.41, 5.74) is 10.7. The van der Waals surface area contributed by atoms with Crippen molar-refractivity contribution in [3.05, 3.63) is 81.4 Å². The van der Waals surface area contributed by atoms with Gasteiger partial charge in [0.25, 0.3) is 5.56 Å². The monoisotopic (exact) mass is 455 g/mol. The van der Waals surface area contributed by atoms with E-state index in [-0.39, 0.29) is 17.0 Å². The van der Waals surface area contributed by atoms with Crippen molar-refractivity contribution < 1.29 is 4.74 Å². The van der Waals surface area contributed by atoms with Crippen LogP contribution in [-0.4, -0.2) is 34.7 Å². The molecule has 0 amide bonds. The number of pyridine rings is 1. The Morgan fingerprint density at radius 3 is 2.65 bits per heavy atom. The third kappa shape index (κ3) is 3.95. The first kappa shape index (κ1) is 22.2. The maximum atomic E-state index is 13.0. The summed E-state index contributed by atoms with van der Waals surface area (Å²) in [6.45, 7) is 1.66. The molecule has 0 saturated carbocycles. The second-order valence-corrected chi connectivity index (χ2v) is 9.23. The molecule has 34 heavy (non-hydrogen) atoms. The van der Waals surface area contributed by atoms with E-state index in [2.05, 4.69) is 51.0 Å². The number of fused-ring (bicyclic) bond motifs is 1. The first-order valence-corrected chi connectivity index (χ1v) is 11.6. The standard InChI is InChI=1S/C27H29N5O2/c1-31-25(33)21(8-5-6-19-10-11-23(34-2)29-17-19)18-30-26(31)32-14-12-27(13-15-32)16-20-7-3-4-9-22(20)24(27)28/h3-4,7,9-11,17-18,24H,6,12-16,28H2,1-2H3/t24-/m1/s1. The van der Waals surface area contributed by atoms with Crippen molar-refractivity contribution in [2.45, 2.75) is 31.7 Å². The Morgan fingerprint density at radius 2 is 1.94 bits per heavy atom. The van der Waals surface area contributed by atoms with Gasteiger partial charge in [0.2, 0.25) is 11.8 Å². The summed E-state index contributed by atoms with van der Waals surface area (Å²) >= 11 is 0. The second-order valence-electron chi connectivity index (χ2n) is 9.23. The highest BCUT2D eigenvalue weighted by atomic mass is 16.5. The molecule has 0 bridgehead atoms. The molecule has 2 N–H and O–H groups in total. The molecule has 1 fully saturated rings. The molecular formula is C27H29N5O2. The van der Waals surface area contributed by atoms with E-state index in [4.69, 9.17) is 10.5 Å². The van der Waals surface area contributed by atoms with Crippen molar-refractivity contribution in [3.63, 3.8) is 0 Å². The van der Waals surface area contributed by atoms with E-state index >= 15 is 0 Å². The topological polar surface area (TPSA) is 86.3 Å². The highest BCUT2D eigenvalue weighted by Gasteiger charge is 2.46. The number of ether oxygens (including phenoxy) is 1. The third-order valence-electron chi connectivity index (χ3n) is 7.30. The fraction of sp³-hybridized carbons (Fsp3) is 0.370. The van der Waals surface area contributed by atoms with Crippen LogP contribution in [0.3, 0.4) is 0 Å². The summed E-state index contributed by atoms with van der Waals surface area (Å²) in [4.78, 5) is 23.9. The number of hydrogen-bond donors (Lipinski definition) is 1. The first-order chi connectivity index (χ1) is 16.5. The van der Waals surface area contributed by atoms with Gasteiger partial charge in [-0.3, -0.25) is 9.36 Å². The lowest BCUT2D eigenvalue weighted by atomic mass is 9.73. The fourth-order valence-electron chi connectivity index (χ4n) is 5.25. The number of hydrogen-bond acceptors (Lipinski definition) is 6. The number of rotatable bonds is 3. The molecule has 5 rings (SSSR count). The lowest BCUT2D eigenvalue weighted by molar-refractivity contribution is 0.186. The molecule has 2 aliphatic rings. The summed E-state index contributed by atoms with van der Waals surface area (Å²) in [5.74, 6) is 7.29. The highest BCUT2D eigenvalue weighted by Crippen LogP contribution is 2.50. The maximum Gasteiger partial charge on any atom is 0.270 e. The smallest absolute Gasteiger partial charge is 0.270 e. The van der Waals surface area contributed by atoms with Gasteiger partial charge in [0.15, 0.2) is 0 Å². The summed E-state index contributed by atoms with van der Waals surface area (Å²) in [5, 5.41) is 0. The van der Waals surface area contributed by atoms with Crippen molar-refractivity contribution in [3.8, 4) is 17.7 Å².